The zero-order chi connectivity index (χ0) is 40.0. The molecule has 56 heavy (non-hydrogen) atoms. The molecule has 4 aliphatic rings. The molecule has 4 N–H and O–H groups in total. The quantitative estimate of drug-likeness (QED) is 0.219. The summed E-state index contributed by atoms with van der Waals surface area (Å²) in [7, 11) is 0. The topological polar surface area (TPSA) is 150 Å². The third-order valence-corrected chi connectivity index (χ3v) is 11.7. The van der Waals surface area contributed by atoms with Crippen molar-refractivity contribution in [2.75, 3.05) is 70.0 Å². The average molecular weight is 806 g/mol. The Balaban J connectivity index is 1.07. The Morgan fingerprint density at radius 3 is 2.29 bits per heavy atom. The van der Waals surface area contributed by atoms with Gasteiger partial charge in [-0.1, -0.05) is 29.8 Å². The maximum Gasteiger partial charge on any atom is 0.418 e. The third-order valence-electron chi connectivity index (χ3n) is 11.4. The summed E-state index contributed by atoms with van der Waals surface area (Å²) in [6.07, 6.45) is -2.49. The number of alkyl halides is 3. The zero-order valence-electron chi connectivity index (χ0n) is 31.6. The molecule has 3 fully saturated rings. The number of benzene rings is 2. The first-order chi connectivity index (χ1) is 26.8. The molecule has 6 rings (SSSR count). The van der Waals surface area contributed by atoms with Gasteiger partial charge in [-0.3, -0.25) is 9.59 Å². The molecule has 4 heterocycles. The maximum atomic E-state index is 14.1. The minimum absolute atomic E-state index is 0.0591. The number of nitrogen functional groups attached to an aromatic ring is 1. The molecule has 0 unspecified atom stereocenters. The molecule has 0 aromatic heterocycles. The number of nitrogens with two attached hydrogens (primary N) is 1. The van der Waals surface area contributed by atoms with Crippen LogP contribution < -0.4 is 16.4 Å². The number of esters is 1. The number of carbonyl (C=O) groups is 4. The Kier molecular flexibility index (Phi) is 13.5. The number of carbonyl (C=O) groups excluding carboxylic acids is 4. The number of piperidine rings is 3. The van der Waals surface area contributed by atoms with Crippen molar-refractivity contribution in [1.29, 1.82) is 0 Å². The van der Waals surface area contributed by atoms with E-state index in [1.54, 1.807) is 16.7 Å². The largest absolute Gasteiger partial charge is 0.465 e. The van der Waals surface area contributed by atoms with Gasteiger partial charge in [0.15, 0.2) is 6.10 Å². The number of hydrogen-bond acceptors (Lipinski definition) is 9. The average Bonchev–Trinajstić information content (AvgIpc) is 3.35. The Morgan fingerprint density at radius 1 is 0.946 bits per heavy atom. The molecule has 2 aromatic carbocycles. The van der Waals surface area contributed by atoms with Gasteiger partial charge in [0.1, 0.15) is 0 Å². The van der Waals surface area contributed by atoms with Crippen LogP contribution in [-0.4, -0.2) is 127 Å². The molecule has 0 radical (unpaired) electrons. The first-order valence-electron chi connectivity index (χ1n) is 19.5. The van der Waals surface area contributed by atoms with E-state index in [4.69, 9.17) is 26.8 Å². The molecule has 306 valence electrons. The van der Waals surface area contributed by atoms with Crippen molar-refractivity contribution in [3.8, 4) is 0 Å². The SMILES string of the molecule is CCOC(=O)CNC1CCN(C2CCN(C(=O)[C@@H](Cc3cc(Cl)c(N)c(C(F)(F)F)c3)OC(=O)N3CCC(N4CCc5ccccc5NC4=O)CC3)CC2)CC1. The Bertz CT molecular complexity index is 1730. The molecule has 4 aliphatic heterocycles. The molecule has 17 heteroatoms. The lowest BCUT2D eigenvalue weighted by molar-refractivity contribution is -0.143. The lowest BCUT2D eigenvalue weighted by Crippen LogP contribution is -2.54. The van der Waals surface area contributed by atoms with Crippen LogP contribution in [0.25, 0.3) is 0 Å². The summed E-state index contributed by atoms with van der Waals surface area (Å²) in [5.74, 6) is -0.762. The van der Waals surface area contributed by atoms with Gasteiger partial charge in [-0.05, 0) is 94.3 Å². The number of hydrogen-bond donors (Lipinski definition) is 3. The summed E-state index contributed by atoms with van der Waals surface area (Å²) in [6.45, 7) is 5.82. The fourth-order valence-corrected chi connectivity index (χ4v) is 8.52. The van der Waals surface area contributed by atoms with Crippen molar-refractivity contribution >= 4 is 47.0 Å². The predicted octanol–water partition coefficient (Wildman–Crippen LogP) is 5.15. The van der Waals surface area contributed by atoms with E-state index in [1.165, 1.54) is 11.0 Å². The van der Waals surface area contributed by atoms with Gasteiger partial charge in [-0.25, -0.2) is 9.59 Å². The number of para-hydroxylation sites is 1. The van der Waals surface area contributed by atoms with Gasteiger partial charge in [-0.15, -0.1) is 0 Å². The molecular weight excluding hydrogens is 755 g/mol. The molecule has 13 nitrogen and oxygen atoms in total. The van der Waals surface area contributed by atoms with Crippen molar-refractivity contribution in [2.24, 2.45) is 0 Å². The van der Waals surface area contributed by atoms with Crippen LogP contribution >= 0.6 is 11.6 Å². The Morgan fingerprint density at radius 2 is 1.61 bits per heavy atom. The zero-order valence-corrected chi connectivity index (χ0v) is 32.4. The summed E-state index contributed by atoms with van der Waals surface area (Å²) in [5, 5.41) is 5.95. The number of fused-ring (bicyclic) bond motifs is 1. The number of anilines is 2. The highest BCUT2D eigenvalue weighted by Crippen LogP contribution is 2.38. The van der Waals surface area contributed by atoms with Gasteiger partial charge in [0.2, 0.25) is 0 Å². The van der Waals surface area contributed by atoms with Crippen molar-refractivity contribution in [3.05, 3.63) is 58.1 Å². The Labute approximate surface area is 329 Å². The molecule has 1 atom stereocenters. The smallest absolute Gasteiger partial charge is 0.418 e. The fourth-order valence-electron chi connectivity index (χ4n) is 8.28. The van der Waals surface area contributed by atoms with Crippen LogP contribution in [-0.2, 0) is 38.1 Å². The molecular formula is C39H51ClF3N7O6. The summed E-state index contributed by atoms with van der Waals surface area (Å²) < 4.78 is 52.5. The van der Waals surface area contributed by atoms with Gasteiger partial charge in [-0.2, -0.15) is 13.2 Å². The maximum absolute atomic E-state index is 14.1. The van der Waals surface area contributed by atoms with Crippen LogP contribution in [0.4, 0.5) is 34.1 Å². The monoisotopic (exact) mass is 805 g/mol. The highest BCUT2D eigenvalue weighted by Gasteiger charge is 2.38. The van der Waals surface area contributed by atoms with Crippen LogP contribution in [0, 0.1) is 0 Å². The van der Waals surface area contributed by atoms with Crippen molar-refractivity contribution in [3.63, 3.8) is 0 Å². The van der Waals surface area contributed by atoms with Crippen LogP contribution in [0.15, 0.2) is 36.4 Å². The van der Waals surface area contributed by atoms with E-state index in [0.29, 0.717) is 58.3 Å². The second-order valence-electron chi connectivity index (χ2n) is 14.9. The number of nitrogens with zero attached hydrogens (tertiary/aromatic N) is 4. The predicted molar refractivity (Wildman–Crippen MR) is 204 cm³/mol. The number of likely N-dealkylation sites (tertiary alicyclic amines) is 3. The lowest BCUT2D eigenvalue weighted by Gasteiger charge is -2.42. The highest BCUT2D eigenvalue weighted by molar-refractivity contribution is 6.33. The van der Waals surface area contributed by atoms with E-state index in [2.05, 4.69) is 15.5 Å². The second kappa shape index (κ2) is 18.3. The van der Waals surface area contributed by atoms with Crippen LogP contribution in [0.5, 0.6) is 0 Å². The molecule has 3 saturated heterocycles. The number of rotatable bonds is 10. The summed E-state index contributed by atoms with van der Waals surface area (Å²) in [5.41, 5.74) is 5.83. The van der Waals surface area contributed by atoms with E-state index in [9.17, 15) is 32.3 Å². The van der Waals surface area contributed by atoms with Crippen molar-refractivity contribution < 1.29 is 41.8 Å². The van der Waals surface area contributed by atoms with E-state index in [0.717, 1.165) is 43.2 Å². The number of ether oxygens (including phenoxy) is 2. The summed E-state index contributed by atoms with van der Waals surface area (Å²) in [4.78, 5) is 59.9. The van der Waals surface area contributed by atoms with Crippen molar-refractivity contribution in [2.45, 2.75) is 88.7 Å². The summed E-state index contributed by atoms with van der Waals surface area (Å²) in [6, 6.07) is 9.92. The van der Waals surface area contributed by atoms with E-state index in [1.807, 2.05) is 24.3 Å². The van der Waals surface area contributed by atoms with Gasteiger partial charge in [0.05, 0.1) is 29.4 Å². The minimum atomic E-state index is -4.79. The molecule has 4 amide bonds. The van der Waals surface area contributed by atoms with Gasteiger partial charge >= 0.3 is 24.3 Å². The third kappa shape index (κ3) is 10.2. The Hall–Kier alpha value is -4.28. The van der Waals surface area contributed by atoms with Crippen LogP contribution in [0.1, 0.15) is 62.1 Å². The molecule has 0 aliphatic carbocycles. The van der Waals surface area contributed by atoms with Gasteiger partial charge in [0.25, 0.3) is 5.91 Å². The normalized spacial score (nSPS) is 19.9. The molecule has 0 spiro atoms. The molecule has 0 bridgehead atoms. The fraction of sp³-hybridized carbons (Fsp3) is 0.590. The molecule has 2 aromatic rings. The van der Waals surface area contributed by atoms with E-state index in [-0.39, 0.29) is 66.8 Å². The second-order valence-corrected chi connectivity index (χ2v) is 15.3. The van der Waals surface area contributed by atoms with Crippen LogP contribution in [0.2, 0.25) is 5.02 Å². The molecule has 0 saturated carbocycles. The van der Waals surface area contributed by atoms with E-state index < -0.39 is 35.5 Å². The first kappa shape index (κ1) is 41.4. The first-order valence-corrected chi connectivity index (χ1v) is 19.9. The van der Waals surface area contributed by atoms with Crippen molar-refractivity contribution in [1.82, 2.24) is 24.9 Å². The number of urea groups is 1. The van der Waals surface area contributed by atoms with Gasteiger partial charge < -0.3 is 45.4 Å². The summed E-state index contributed by atoms with van der Waals surface area (Å²) >= 11 is 6.13. The van der Waals surface area contributed by atoms with E-state index >= 15 is 0 Å². The van der Waals surface area contributed by atoms with Gasteiger partial charge in [0, 0.05) is 63.0 Å². The van der Waals surface area contributed by atoms with Crippen LogP contribution in [0.3, 0.4) is 0 Å². The lowest BCUT2D eigenvalue weighted by atomic mass is 9.97. The number of halogens is 4. The minimum Gasteiger partial charge on any atom is -0.465 e. The number of nitrogens with one attached hydrogen (secondary N) is 2. The standard InChI is InChI=1S/C39H51ClF3N7O6/c1-2-55-34(51)24-45-27-8-14-47(15-9-27)28-10-16-48(17-11-28)36(52)33(23-25-21-30(39(41,42)43)35(44)31(40)22-25)56-38(54)49-18-12-29(13-19-49)50-20-7-26-5-3-4-6-32(26)46-37(50)53/h3-6,21-22,27-29,33,45H,2,7-20,23-24,44H2,1H3,(H,46,53)/t33-/m1/s1. The number of amides is 4. The highest BCUT2D eigenvalue weighted by atomic mass is 35.5.